The molecular formula is C30H52O4. The Kier molecular flexibility index (Phi) is 13.1. The number of carboxylic acid groups (broad SMARTS) is 1. The highest BCUT2D eigenvalue weighted by atomic mass is 16.5. The van der Waals surface area contributed by atoms with Gasteiger partial charge in [0.15, 0.2) is 0 Å². The fraction of sp³-hybridized carbons (Fsp3) is 0.767. The third kappa shape index (κ3) is 8.82. The molecule has 2 atom stereocenters. The number of benzene rings is 1. The first kappa shape index (κ1) is 30.3. The highest BCUT2D eigenvalue weighted by molar-refractivity contribution is 5.67. The highest BCUT2D eigenvalue weighted by Gasteiger charge is 2.35. The van der Waals surface area contributed by atoms with Gasteiger partial charge in [0, 0.05) is 11.1 Å². The van der Waals surface area contributed by atoms with Crippen molar-refractivity contribution in [1.29, 1.82) is 0 Å². The molecule has 0 saturated heterocycles. The fourth-order valence-electron chi connectivity index (χ4n) is 4.99. The molecule has 0 fully saturated rings. The van der Waals surface area contributed by atoms with Gasteiger partial charge in [-0.05, 0) is 75.8 Å². The van der Waals surface area contributed by atoms with E-state index in [1.807, 2.05) is 13.8 Å². The molecule has 0 spiro atoms. The minimum absolute atomic E-state index is 0.0171. The first-order valence-corrected chi connectivity index (χ1v) is 13.8. The number of ether oxygens (including phenoxy) is 2. The second kappa shape index (κ2) is 14.6. The summed E-state index contributed by atoms with van der Waals surface area (Å²) in [6.07, 6.45) is 10.5. The molecule has 0 radical (unpaired) electrons. The van der Waals surface area contributed by atoms with Crippen molar-refractivity contribution in [2.24, 2.45) is 11.8 Å². The summed E-state index contributed by atoms with van der Waals surface area (Å²) in [5.74, 6) is 2.67. The van der Waals surface area contributed by atoms with E-state index in [1.165, 1.54) is 43.2 Å². The molecule has 1 N–H and O–H groups in total. The average Bonchev–Trinajstić information content (AvgIpc) is 2.78. The summed E-state index contributed by atoms with van der Waals surface area (Å²) >= 11 is 0. The van der Waals surface area contributed by atoms with Crippen LogP contribution in [0.2, 0.25) is 0 Å². The Morgan fingerprint density at radius 1 is 1.09 bits per heavy atom. The lowest BCUT2D eigenvalue weighted by Crippen LogP contribution is -2.37. The number of fused-ring (bicyclic) bond motifs is 1. The number of rotatable bonds is 13. The van der Waals surface area contributed by atoms with E-state index in [-0.39, 0.29) is 18.6 Å². The normalized spacial score (nSPS) is 17.9. The van der Waals surface area contributed by atoms with Crippen LogP contribution in [0.5, 0.6) is 11.5 Å². The van der Waals surface area contributed by atoms with Crippen molar-refractivity contribution in [3.8, 4) is 11.5 Å². The predicted octanol–water partition coefficient (Wildman–Crippen LogP) is 8.46. The van der Waals surface area contributed by atoms with Gasteiger partial charge in [-0.1, -0.05) is 67.2 Å². The van der Waals surface area contributed by atoms with Gasteiger partial charge >= 0.3 is 5.97 Å². The summed E-state index contributed by atoms with van der Waals surface area (Å²) in [5, 5.41) is 8.96. The molecule has 2 rings (SSSR count). The molecule has 34 heavy (non-hydrogen) atoms. The van der Waals surface area contributed by atoms with Gasteiger partial charge in [-0.15, -0.1) is 0 Å². The summed E-state index contributed by atoms with van der Waals surface area (Å²) in [6.45, 7) is 19.8. The van der Waals surface area contributed by atoms with Gasteiger partial charge in [0.25, 0.3) is 0 Å². The summed E-state index contributed by atoms with van der Waals surface area (Å²) in [4.78, 5) is 10.9. The zero-order chi connectivity index (χ0) is 25.9. The average molecular weight is 477 g/mol. The molecule has 0 aliphatic carbocycles. The van der Waals surface area contributed by atoms with Crippen LogP contribution in [0.1, 0.15) is 122 Å². The van der Waals surface area contributed by atoms with E-state index in [1.54, 1.807) is 0 Å². The smallest absolute Gasteiger partial charge is 0.306 e. The molecule has 196 valence electrons. The Balaban J connectivity index is 0.00000281. The lowest BCUT2D eigenvalue weighted by Gasteiger charge is -2.39. The zero-order valence-corrected chi connectivity index (χ0v) is 23.6. The molecule has 4 nitrogen and oxygen atoms in total. The summed E-state index contributed by atoms with van der Waals surface area (Å²) in [5.41, 5.74) is 4.55. The van der Waals surface area contributed by atoms with E-state index in [9.17, 15) is 4.79 Å². The Morgan fingerprint density at radius 2 is 1.74 bits per heavy atom. The maximum atomic E-state index is 10.9. The van der Waals surface area contributed by atoms with Gasteiger partial charge in [0.05, 0.1) is 13.0 Å². The monoisotopic (exact) mass is 476 g/mol. The van der Waals surface area contributed by atoms with Crippen molar-refractivity contribution >= 4 is 5.97 Å². The topological polar surface area (TPSA) is 55.8 Å². The minimum atomic E-state index is -0.830. The van der Waals surface area contributed by atoms with E-state index < -0.39 is 5.97 Å². The van der Waals surface area contributed by atoms with Crippen LogP contribution in [0.25, 0.3) is 0 Å². The van der Waals surface area contributed by atoms with Crippen LogP contribution >= 0.6 is 0 Å². The van der Waals surface area contributed by atoms with Gasteiger partial charge in [0.2, 0.25) is 0 Å². The molecule has 0 saturated carbocycles. The highest BCUT2D eigenvalue weighted by Crippen LogP contribution is 2.45. The van der Waals surface area contributed by atoms with Crippen molar-refractivity contribution in [3.05, 3.63) is 22.3 Å². The van der Waals surface area contributed by atoms with Crippen molar-refractivity contribution in [2.75, 3.05) is 6.61 Å². The number of carboxylic acids is 1. The lowest BCUT2D eigenvalue weighted by molar-refractivity contribution is -0.137. The van der Waals surface area contributed by atoms with E-state index in [2.05, 4.69) is 48.5 Å². The Bertz CT molecular complexity index is 768. The number of aliphatic carboxylic acids is 1. The lowest BCUT2D eigenvalue weighted by atomic mass is 9.83. The Morgan fingerprint density at radius 3 is 2.32 bits per heavy atom. The van der Waals surface area contributed by atoms with Crippen LogP contribution in [-0.4, -0.2) is 23.3 Å². The second-order valence-corrected chi connectivity index (χ2v) is 10.6. The largest absolute Gasteiger partial charge is 0.492 e. The first-order chi connectivity index (χ1) is 16.1. The summed E-state index contributed by atoms with van der Waals surface area (Å²) < 4.78 is 12.7. The van der Waals surface area contributed by atoms with E-state index in [0.29, 0.717) is 0 Å². The standard InChI is InChI=1S/C28H46O4.C2H6/c1-8-23-24-14-17-28(7,16-10-13-20(4)12-9-11-19(2)3)32-27(24)22(6)21(5)26(23)31-18-15-25(29)30;1-2/h19-20H,8-18H2,1-7H3,(H,29,30);1-2H3. The zero-order valence-electron chi connectivity index (χ0n) is 23.6. The number of hydrogen-bond donors (Lipinski definition) is 1. The number of hydrogen-bond acceptors (Lipinski definition) is 3. The third-order valence-electron chi connectivity index (χ3n) is 7.21. The molecular weight excluding hydrogens is 424 g/mol. The molecule has 4 heteroatoms. The maximum absolute atomic E-state index is 10.9. The maximum Gasteiger partial charge on any atom is 0.306 e. The predicted molar refractivity (Wildman–Crippen MR) is 143 cm³/mol. The molecule has 0 aromatic heterocycles. The van der Waals surface area contributed by atoms with Gasteiger partial charge in [-0.2, -0.15) is 0 Å². The van der Waals surface area contributed by atoms with Crippen molar-refractivity contribution < 1.29 is 19.4 Å². The molecule has 1 aromatic carbocycles. The molecule has 1 aromatic rings. The van der Waals surface area contributed by atoms with Crippen LogP contribution in [0.4, 0.5) is 0 Å². The molecule has 1 aliphatic heterocycles. The minimum Gasteiger partial charge on any atom is -0.492 e. The quantitative estimate of drug-likeness (QED) is 0.310. The van der Waals surface area contributed by atoms with E-state index >= 15 is 0 Å². The van der Waals surface area contributed by atoms with E-state index in [0.717, 1.165) is 60.1 Å². The molecule has 1 aliphatic rings. The van der Waals surface area contributed by atoms with Crippen LogP contribution in [0.15, 0.2) is 0 Å². The SMILES string of the molecule is CC.CCc1c2c(c(C)c(C)c1OCCC(=O)O)OC(C)(CCCC(C)CCCC(C)C)CC2. The van der Waals surface area contributed by atoms with Gasteiger partial charge in [0.1, 0.15) is 17.1 Å². The van der Waals surface area contributed by atoms with Crippen molar-refractivity contribution in [3.63, 3.8) is 0 Å². The Hall–Kier alpha value is -1.71. The van der Waals surface area contributed by atoms with Crippen LogP contribution in [-0.2, 0) is 17.6 Å². The van der Waals surface area contributed by atoms with Crippen molar-refractivity contribution in [2.45, 2.75) is 132 Å². The van der Waals surface area contributed by atoms with Gasteiger partial charge in [-0.3, -0.25) is 4.79 Å². The molecule has 0 bridgehead atoms. The van der Waals surface area contributed by atoms with Gasteiger partial charge in [-0.25, -0.2) is 0 Å². The van der Waals surface area contributed by atoms with Gasteiger partial charge < -0.3 is 14.6 Å². The summed E-state index contributed by atoms with van der Waals surface area (Å²) in [7, 11) is 0. The first-order valence-electron chi connectivity index (χ1n) is 13.8. The Labute approximate surface area is 209 Å². The molecule has 1 heterocycles. The molecule has 2 unspecified atom stereocenters. The van der Waals surface area contributed by atoms with Crippen LogP contribution in [0, 0.1) is 25.7 Å². The third-order valence-corrected chi connectivity index (χ3v) is 7.21. The van der Waals surface area contributed by atoms with Crippen LogP contribution < -0.4 is 9.47 Å². The van der Waals surface area contributed by atoms with E-state index in [4.69, 9.17) is 14.6 Å². The van der Waals surface area contributed by atoms with Crippen LogP contribution in [0.3, 0.4) is 0 Å². The summed E-state index contributed by atoms with van der Waals surface area (Å²) in [6, 6.07) is 0. The number of carbonyl (C=O) groups is 1. The van der Waals surface area contributed by atoms with Crippen molar-refractivity contribution in [1.82, 2.24) is 0 Å². The molecule has 0 amide bonds. The second-order valence-electron chi connectivity index (χ2n) is 10.6. The fourth-order valence-corrected chi connectivity index (χ4v) is 4.99.